The molecule has 1 saturated heterocycles. The number of nitrogens with one attached hydrogen (secondary N) is 1. The molecule has 0 spiro atoms. The van der Waals surface area contributed by atoms with E-state index < -0.39 is 76.0 Å². The fourth-order valence-electron chi connectivity index (χ4n) is 2.65. The number of carbonyl (C=O) groups is 2. The number of hydrogen-bond acceptors (Lipinski definition) is 13. The first-order chi connectivity index (χ1) is 16.4. The number of Topliss-reactive ketones (excluding diaryl/α,β-unsaturated/α-hetero) is 1. The third-order valence-electron chi connectivity index (χ3n) is 4.44. The number of aldehydes is 1. The number of nitrogens with zero attached hydrogens (tertiary/aromatic N) is 1. The summed E-state index contributed by atoms with van der Waals surface area (Å²) in [4.78, 5) is 71.8. The normalized spacial score (nSPS) is 24.1. The molecule has 18 nitrogen and oxygen atoms in total. The summed E-state index contributed by atoms with van der Waals surface area (Å²) in [6.07, 6.45) is -7.14. The number of phosphoric ester groups is 1. The molecule has 2 heterocycles. The largest absolute Gasteiger partial charge is 0.481 e. The highest BCUT2D eigenvalue weighted by Crippen LogP contribution is 2.57. The lowest BCUT2D eigenvalue weighted by Gasteiger charge is -2.18. The van der Waals surface area contributed by atoms with Crippen molar-refractivity contribution in [1.82, 2.24) is 9.55 Å². The number of H-pyrrole nitrogens is 1. The second-order valence-electron chi connectivity index (χ2n) is 7.40. The average molecular weight is 564 g/mol. The van der Waals surface area contributed by atoms with Crippen LogP contribution in [0.3, 0.4) is 0 Å². The van der Waals surface area contributed by atoms with Crippen molar-refractivity contribution < 1.29 is 67.4 Å². The van der Waals surface area contributed by atoms with Crippen molar-refractivity contribution in [2.45, 2.75) is 57.0 Å². The van der Waals surface area contributed by atoms with Crippen LogP contribution in [-0.2, 0) is 32.3 Å². The van der Waals surface area contributed by atoms with Gasteiger partial charge in [-0.05, 0) is 13.8 Å². The van der Waals surface area contributed by atoms with E-state index in [1.165, 1.54) is 13.1 Å². The molecule has 1 aliphatic heterocycles. The number of rotatable bonds is 10. The van der Waals surface area contributed by atoms with Gasteiger partial charge in [0.05, 0.1) is 12.7 Å². The molecule has 1 aliphatic rings. The maximum Gasteiger partial charge on any atom is 0.481 e. The topological polar surface area (TPSA) is 292 Å². The maximum atomic E-state index is 11.8. The summed E-state index contributed by atoms with van der Waals surface area (Å²) >= 11 is 0. The van der Waals surface area contributed by atoms with Gasteiger partial charge >= 0.3 is 21.3 Å². The third kappa shape index (κ3) is 9.85. The van der Waals surface area contributed by atoms with Crippen LogP contribution in [-0.4, -0.2) is 93.9 Å². The van der Waals surface area contributed by atoms with Crippen molar-refractivity contribution in [3.8, 4) is 0 Å². The quantitative estimate of drug-likeness (QED) is 0.101. The number of phosphoric acid groups is 2. The highest BCUT2D eigenvalue weighted by molar-refractivity contribution is 7.60. The maximum absolute atomic E-state index is 11.8. The van der Waals surface area contributed by atoms with Gasteiger partial charge in [-0.3, -0.25) is 23.7 Å². The molecule has 4 unspecified atom stereocenters. The lowest BCUT2D eigenvalue weighted by molar-refractivity contribution is -0.143. The zero-order valence-corrected chi connectivity index (χ0v) is 20.5. The van der Waals surface area contributed by atoms with Crippen molar-refractivity contribution in [2.24, 2.45) is 0 Å². The van der Waals surface area contributed by atoms with E-state index >= 15 is 0 Å². The Balaban J connectivity index is 0.000000497. The second-order valence-corrected chi connectivity index (χ2v) is 10.2. The Labute approximate surface area is 201 Å². The third-order valence-corrected chi connectivity index (χ3v) is 6.59. The summed E-state index contributed by atoms with van der Waals surface area (Å²) in [5.74, 6) is -0.968. The zero-order chi connectivity index (χ0) is 28.0. The predicted octanol–water partition coefficient (Wildman–Crippen LogP) is -3.42. The van der Waals surface area contributed by atoms with Crippen LogP contribution < -0.4 is 11.2 Å². The van der Waals surface area contributed by atoms with Gasteiger partial charge in [0.1, 0.15) is 30.6 Å². The van der Waals surface area contributed by atoms with E-state index in [-0.39, 0.29) is 18.3 Å². The molecule has 20 heteroatoms. The Morgan fingerprint density at radius 3 is 2.36 bits per heavy atom. The van der Waals surface area contributed by atoms with E-state index in [1.807, 2.05) is 0 Å². The number of ketones is 1. The molecule has 36 heavy (non-hydrogen) atoms. The molecule has 7 atom stereocenters. The van der Waals surface area contributed by atoms with E-state index in [0.29, 0.717) is 0 Å². The Kier molecular flexibility index (Phi) is 11.6. The van der Waals surface area contributed by atoms with E-state index in [1.54, 1.807) is 0 Å². The van der Waals surface area contributed by atoms with Gasteiger partial charge in [0.15, 0.2) is 12.1 Å². The average Bonchev–Trinajstić information content (AvgIpc) is 3.12. The molecule has 0 radical (unpaired) electrons. The van der Waals surface area contributed by atoms with E-state index in [2.05, 4.69) is 13.8 Å². The molecule has 0 amide bonds. The minimum Gasteiger partial charge on any atom is -0.390 e. The van der Waals surface area contributed by atoms with Crippen LogP contribution >= 0.6 is 15.6 Å². The minimum absolute atomic E-state index is 0.0327. The summed E-state index contributed by atoms with van der Waals surface area (Å²) < 4.78 is 36.3. The molecule has 0 aromatic carbocycles. The van der Waals surface area contributed by atoms with Gasteiger partial charge in [-0.2, -0.15) is 4.31 Å². The Bertz CT molecular complexity index is 1130. The molecule has 206 valence electrons. The monoisotopic (exact) mass is 564 g/mol. The molecule has 0 aliphatic carbocycles. The standard InChI is InChI=1S/C10H16N2O11P2.C6H10O5/c1-5-3-12(10(15)11-9(5)14)8-2-6(13)7(22-8)4-21-25(19,20)23-24(16,17)18;1-3(8)5(10)6(11)4(9)2-7/h3,6-8,13H,2,4H2,1H3,(H,19,20)(H,11,14,15)(H2,16,17,18);2-4,6,8-9,11H,1H3/t6-,7+,8+;/m0./s1. The number of aryl methyl sites for hydroxylation is 1. The first kappa shape index (κ1) is 32.1. The van der Waals surface area contributed by atoms with Gasteiger partial charge in [0.25, 0.3) is 5.56 Å². The van der Waals surface area contributed by atoms with Crippen LogP contribution in [0.4, 0.5) is 0 Å². The van der Waals surface area contributed by atoms with Gasteiger partial charge in [-0.1, -0.05) is 0 Å². The fraction of sp³-hybridized carbons (Fsp3) is 0.625. The van der Waals surface area contributed by atoms with Crippen LogP contribution in [0.2, 0.25) is 0 Å². The summed E-state index contributed by atoms with van der Waals surface area (Å²) in [5.41, 5.74) is -1.12. The van der Waals surface area contributed by atoms with Gasteiger partial charge in [-0.25, -0.2) is 13.9 Å². The van der Waals surface area contributed by atoms with Crippen molar-refractivity contribution in [2.75, 3.05) is 6.61 Å². The van der Waals surface area contributed by atoms with Crippen LogP contribution in [0.15, 0.2) is 15.8 Å². The number of aromatic nitrogens is 2. The SMILES string of the molecule is CC(O)C(=O)C(O)C(O)C=O.Cc1cn([C@H]2C[C@H](O)[C@@H](COP(=O)(O)OP(=O)(O)O)O2)c(=O)[nH]c1=O. The molecule has 1 aromatic rings. The minimum atomic E-state index is -5.26. The molecule has 0 saturated carbocycles. The van der Waals surface area contributed by atoms with Gasteiger partial charge in [-0.15, -0.1) is 0 Å². The predicted molar refractivity (Wildman–Crippen MR) is 114 cm³/mol. The number of ether oxygens (including phenoxy) is 1. The Morgan fingerprint density at radius 1 is 1.28 bits per heavy atom. The van der Waals surface area contributed by atoms with Crippen LogP contribution in [0.5, 0.6) is 0 Å². The number of aromatic amines is 1. The molecule has 1 fully saturated rings. The van der Waals surface area contributed by atoms with Crippen molar-refractivity contribution in [3.05, 3.63) is 32.6 Å². The molecular formula is C16H26N2O16P2. The van der Waals surface area contributed by atoms with Gasteiger partial charge in [0.2, 0.25) is 0 Å². The molecule has 0 bridgehead atoms. The zero-order valence-electron chi connectivity index (χ0n) is 18.7. The fourth-order valence-corrected chi connectivity index (χ4v) is 4.25. The number of hydrogen-bond donors (Lipinski definition) is 8. The Morgan fingerprint density at radius 2 is 1.86 bits per heavy atom. The van der Waals surface area contributed by atoms with Crippen LogP contribution in [0, 0.1) is 6.92 Å². The molecular weight excluding hydrogens is 538 g/mol. The first-order valence-electron chi connectivity index (χ1n) is 9.81. The van der Waals surface area contributed by atoms with E-state index in [9.17, 15) is 38.3 Å². The summed E-state index contributed by atoms with van der Waals surface area (Å²) in [6, 6.07) is 0. The second kappa shape index (κ2) is 13.0. The van der Waals surface area contributed by atoms with Crippen LogP contribution in [0.25, 0.3) is 0 Å². The number of carbonyl (C=O) groups excluding carboxylic acids is 2. The van der Waals surface area contributed by atoms with E-state index in [4.69, 9.17) is 29.8 Å². The molecule has 2 rings (SSSR count). The van der Waals surface area contributed by atoms with Gasteiger partial charge < -0.3 is 44.6 Å². The lowest BCUT2D eigenvalue weighted by atomic mass is 10.1. The number of aliphatic hydroxyl groups excluding tert-OH is 4. The summed E-state index contributed by atoms with van der Waals surface area (Å²) in [7, 11) is -10.3. The highest BCUT2D eigenvalue weighted by Gasteiger charge is 2.39. The smallest absolute Gasteiger partial charge is 0.390 e. The summed E-state index contributed by atoms with van der Waals surface area (Å²) in [5, 5.41) is 35.9. The molecule has 8 N–H and O–H groups in total. The lowest BCUT2D eigenvalue weighted by Crippen LogP contribution is -2.40. The van der Waals surface area contributed by atoms with E-state index in [0.717, 1.165) is 11.5 Å². The Hall–Kier alpha value is -1.92. The summed E-state index contributed by atoms with van der Waals surface area (Å²) in [6.45, 7) is 1.87. The van der Waals surface area contributed by atoms with Crippen molar-refractivity contribution >= 4 is 27.7 Å². The van der Waals surface area contributed by atoms with Crippen molar-refractivity contribution in [1.29, 1.82) is 0 Å². The first-order valence-corrected chi connectivity index (χ1v) is 12.8. The highest BCUT2D eigenvalue weighted by atomic mass is 31.3. The van der Waals surface area contributed by atoms with Gasteiger partial charge in [0, 0.05) is 18.2 Å². The van der Waals surface area contributed by atoms with Crippen LogP contribution in [0.1, 0.15) is 25.1 Å². The number of aliphatic hydroxyl groups is 4. The van der Waals surface area contributed by atoms with Crippen molar-refractivity contribution in [3.63, 3.8) is 0 Å². The molecule has 1 aromatic heterocycles.